The van der Waals surface area contributed by atoms with Crippen molar-refractivity contribution in [3.63, 3.8) is 0 Å². The topological polar surface area (TPSA) is 119 Å². The summed E-state index contributed by atoms with van der Waals surface area (Å²) in [7, 11) is 1.54. The molecular weight excluding hydrogens is 410 g/mol. The van der Waals surface area contributed by atoms with E-state index >= 15 is 0 Å². The highest BCUT2D eigenvalue weighted by Gasteiger charge is 2.49. The lowest BCUT2D eigenvalue weighted by molar-refractivity contribution is -0.133. The first kappa shape index (κ1) is 22.0. The summed E-state index contributed by atoms with van der Waals surface area (Å²) in [4.78, 5) is 16.8. The molecule has 1 amide bonds. The molecule has 5 rings (SSSR count). The first-order valence-corrected chi connectivity index (χ1v) is 10.6. The van der Waals surface area contributed by atoms with E-state index in [1.807, 2.05) is 32.9 Å². The Balaban J connectivity index is 1.55. The number of hydrogen-bond acceptors (Lipinski definition) is 8. The van der Waals surface area contributed by atoms with Crippen LogP contribution in [0.1, 0.15) is 57.7 Å². The molecule has 3 aliphatic rings. The predicted molar refractivity (Wildman–Crippen MR) is 117 cm³/mol. The lowest BCUT2D eigenvalue weighted by Crippen LogP contribution is -2.62. The SMILES string of the molecule is COc1ccc2nnc(C#N)c(/C=C/C34CCC(NC(=O)OC(C)(C)C)(CC3)CO4)c2n1. The Bertz CT molecular complexity index is 1090. The van der Waals surface area contributed by atoms with E-state index in [9.17, 15) is 10.1 Å². The molecule has 1 aliphatic carbocycles. The maximum Gasteiger partial charge on any atom is 0.408 e. The van der Waals surface area contributed by atoms with Gasteiger partial charge in [0, 0.05) is 11.6 Å². The Hall–Kier alpha value is -3.25. The number of carbonyl (C=O) groups is 1. The van der Waals surface area contributed by atoms with E-state index in [-0.39, 0.29) is 5.69 Å². The monoisotopic (exact) mass is 437 g/mol. The molecule has 32 heavy (non-hydrogen) atoms. The molecule has 2 saturated heterocycles. The third-order valence-corrected chi connectivity index (χ3v) is 5.94. The maximum absolute atomic E-state index is 12.3. The van der Waals surface area contributed by atoms with Gasteiger partial charge in [0.1, 0.15) is 22.7 Å². The van der Waals surface area contributed by atoms with E-state index in [1.165, 1.54) is 7.11 Å². The molecule has 0 unspecified atom stereocenters. The molecule has 3 fully saturated rings. The number of amides is 1. The predicted octanol–water partition coefficient (Wildman–Crippen LogP) is 3.52. The number of nitrogens with zero attached hydrogens (tertiary/aromatic N) is 4. The Morgan fingerprint density at radius 3 is 2.59 bits per heavy atom. The standard InChI is InChI=1S/C23H27N5O4/c1-21(2,3)32-20(29)26-22-9-11-23(12-10-22,31-14-22)8-7-15-17(13-24)28-27-16-5-6-18(30-4)25-19(15)16/h5-8H,9-12,14H2,1-4H3,(H,26,29)/b8-7+. The molecular formula is C23H27N5O4. The number of nitriles is 1. The van der Waals surface area contributed by atoms with Gasteiger partial charge < -0.3 is 19.5 Å². The fourth-order valence-corrected chi connectivity index (χ4v) is 4.19. The average Bonchev–Trinajstić information content (AvgIpc) is 2.76. The zero-order valence-electron chi connectivity index (χ0n) is 18.8. The van der Waals surface area contributed by atoms with Gasteiger partial charge in [0.25, 0.3) is 0 Å². The van der Waals surface area contributed by atoms with Crippen molar-refractivity contribution in [1.82, 2.24) is 20.5 Å². The van der Waals surface area contributed by atoms with Crippen molar-refractivity contribution in [1.29, 1.82) is 5.26 Å². The molecule has 2 aliphatic heterocycles. The summed E-state index contributed by atoms with van der Waals surface area (Å²) in [5.41, 5.74) is 0.496. The lowest BCUT2D eigenvalue weighted by Gasteiger charge is -2.52. The minimum atomic E-state index is -0.548. The molecule has 2 aromatic rings. The fourth-order valence-electron chi connectivity index (χ4n) is 4.19. The van der Waals surface area contributed by atoms with Crippen molar-refractivity contribution < 1.29 is 19.0 Å². The highest BCUT2D eigenvalue weighted by Crippen LogP contribution is 2.45. The van der Waals surface area contributed by atoms with Crippen LogP contribution in [-0.2, 0) is 9.47 Å². The van der Waals surface area contributed by atoms with Crippen LogP contribution in [0.2, 0.25) is 0 Å². The smallest absolute Gasteiger partial charge is 0.408 e. The number of fused-ring (bicyclic) bond motifs is 4. The minimum Gasteiger partial charge on any atom is -0.481 e. The Kier molecular flexibility index (Phi) is 5.51. The van der Waals surface area contributed by atoms with Crippen molar-refractivity contribution in [2.45, 2.75) is 63.2 Å². The summed E-state index contributed by atoms with van der Waals surface area (Å²) < 4.78 is 16.9. The van der Waals surface area contributed by atoms with E-state index in [4.69, 9.17) is 14.2 Å². The molecule has 9 nitrogen and oxygen atoms in total. The van der Waals surface area contributed by atoms with Crippen molar-refractivity contribution >= 4 is 23.2 Å². The average molecular weight is 438 g/mol. The Morgan fingerprint density at radius 2 is 2.00 bits per heavy atom. The van der Waals surface area contributed by atoms with E-state index in [0.29, 0.717) is 29.1 Å². The largest absolute Gasteiger partial charge is 0.481 e. The summed E-state index contributed by atoms with van der Waals surface area (Å²) in [6, 6.07) is 5.56. The van der Waals surface area contributed by atoms with E-state index in [0.717, 1.165) is 25.7 Å². The molecule has 0 radical (unpaired) electrons. The zero-order chi connectivity index (χ0) is 23.0. The van der Waals surface area contributed by atoms with Crippen LogP contribution in [0, 0.1) is 11.3 Å². The molecule has 4 heterocycles. The number of carbonyl (C=O) groups excluding carboxylic acids is 1. The van der Waals surface area contributed by atoms with Gasteiger partial charge in [-0.25, -0.2) is 9.78 Å². The first-order chi connectivity index (χ1) is 15.2. The number of methoxy groups -OCH3 is 1. The van der Waals surface area contributed by atoms with Gasteiger partial charge >= 0.3 is 6.09 Å². The highest BCUT2D eigenvalue weighted by atomic mass is 16.6. The van der Waals surface area contributed by atoms with Gasteiger partial charge in [-0.15, -0.1) is 10.2 Å². The van der Waals surface area contributed by atoms with Crippen LogP contribution in [0.4, 0.5) is 4.79 Å². The molecule has 1 saturated carbocycles. The molecule has 2 bridgehead atoms. The molecule has 0 aromatic carbocycles. The summed E-state index contributed by atoms with van der Waals surface area (Å²) in [5, 5.41) is 20.7. The normalized spacial score (nSPS) is 25.0. The number of ether oxygens (including phenoxy) is 3. The number of rotatable bonds is 4. The van der Waals surface area contributed by atoms with Crippen molar-refractivity contribution in [3.8, 4) is 11.9 Å². The second kappa shape index (κ2) is 8.02. The third kappa shape index (κ3) is 4.36. The van der Waals surface area contributed by atoms with Crippen molar-refractivity contribution in [3.05, 3.63) is 29.5 Å². The summed E-state index contributed by atoms with van der Waals surface area (Å²) in [5.74, 6) is 0.437. The quantitative estimate of drug-likeness (QED) is 0.771. The van der Waals surface area contributed by atoms with Crippen LogP contribution < -0.4 is 10.1 Å². The van der Waals surface area contributed by atoms with Crippen LogP contribution in [0.15, 0.2) is 18.2 Å². The van der Waals surface area contributed by atoms with E-state index in [2.05, 4.69) is 26.6 Å². The molecule has 0 spiro atoms. The fraction of sp³-hybridized carbons (Fsp3) is 0.522. The number of pyridine rings is 1. The van der Waals surface area contributed by atoms with E-state index < -0.39 is 22.8 Å². The number of hydrogen-bond donors (Lipinski definition) is 1. The molecule has 1 N–H and O–H groups in total. The van der Waals surface area contributed by atoms with E-state index in [1.54, 1.807) is 12.1 Å². The molecule has 2 aromatic heterocycles. The molecule has 168 valence electrons. The minimum absolute atomic E-state index is 0.193. The van der Waals surface area contributed by atoms with Gasteiger partial charge in [-0.2, -0.15) is 5.26 Å². The first-order valence-electron chi connectivity index (χ1n) is 10.6. The number of alkyl carbamates (subject to hydrolysis) is 1. The summed E-state index contributed by atoms with van der Waals surface area (Å²) in [6.45, 7) is 5.94. The number of nitrogens with one attached hydrogen (secondary N) is 1. The second-order valence-corrected chi connectivity index (χ2v) is 9.39. The highest BCUT2D eigenvalue weighted by molar-refractivity contribution is 5.86. The molecule has 0 atom stereocenters. The van der Waals surface area contributed by atoms with Crippen molar-refractivity contribution in [2.24, 2.45) is 0 Å². The maximum atomic E-state index is 12.3. The lowest BCUT2D eigenvalue weighted by atomic mass is 9.71. The summed E-state index contributed by atoms with van der Waals surface area (Å²) >= 11 is 0. The van der Waals surface area contributed by atoms with Crippen LogP contribution >= 0.6 is 0 Å². The van der Waals surface area contributed by atoms with Gasteiger partial charge in [0.15, 0.2) is 5.69 Å². The van der Waals surface area contributed by atoms with Crippen molar-refractivity contribution in [2.75, 3.05) is 13.7 Å². The Morgan fingerprint density at radius 1 is 1.25 bits per heavy atom. The van der Waals surface area contributed by atoms with Gasteiger partial charge in [-0.05, 0) is 52.5 Å². The van der Waals surface area contributed by atoms with Crippen LogP contribution in [0.5, 0.6) is 5.88 Å². The third-order valence-electron chi connectivity index (χ3n) is 5.94. The molecule has 9 heteroatoms. The van der Waals surface area contributed by atoms with Gasteiger partial charge in [-0.3, -0.25) is 0 Å². The van der Waals surface area contributed by atoms with Gasteiger partial charge in [-0.1, -0.05) is 12.2 Å². The Labute approximate surface area is 186 Å². The zero-order valence-corrected chi connectivity index (χ0v) is 18.8. The second-order valence-electron chi connectivity index (χ2n) is 9.39. The summed E-state index contributed by atoms with van der Waals surface area (Å²) in [6.07, 6.45) is 6.47. The van der Waals surface area contributed by atoms with Crippen LogP contribution in [0.25, 0.3) is 17.1 Å². The van der Waals surface area contributed by atoms with Crippen LogP contribution in [-0.4, -0.2) is 51.7 Å². The van der Waals surface area contributed by atoms with Gasteiger partial charge in [0.05, 0.1) is 24.9 Å². The van der Waals surface area contributed by atoms with Crippen LogP contribution in [0.3, 0.4) is 0 Å². The number of aromatic nitrogens is 3. The van der Waals surface area contributed by atoms with Gasteiger partial charge in [0.2, 0.25) is 5.88 Å².